The van der Waals surface area contributed by atoms with Crippen LogP contribution in [0.3, 0.4) is 0 Å². The third kappa shape index (κ3) is 16.2. The second kappa shape index (κ2) is 16.2. The lowest BCUT2D eigenvalue weighted by molar-refractivity contribution is 0.195. The summed E-state index contributed by atoms with van der Waals surface area (Å²) in [5, 5.41) is 1.14. The van der Waals surface area contributed by atoms with Gasteiger partial charge in [0.05, 0.1) is 13.2 Å². The van der Waals surface area contributed by atoms with Gasteiger partial charge in [-0.2, -0.15) is 0 Å². The van der Waals surface area contributed by atoms with Gasteiger partial charge in [0.15, 0.2) is 0 Å². The van der Waals surface area contributed by atoms with Gasteiger partial charge in [0, 0.05) is 5.33 Å². The number of hydrogen-bond donors (Lipinski definition) is 0. The Morgan fingerprint density at radius 1 is 0.882 bits per heavy atom. The smallest absolute Gasteiger partial charge is 0.0836 e. The Morgan fingerprint density at radius 3 is 2.41 bits per heavy atom. The molecular formula is C15H28BrO. The lowest BCUT2D eigenvalue weighted by Gasteiger charge is -2.01. The van der Waals surface area contributed by atoms with Crippen molar-refractivity contribution in [3.63, 3.8) is 0 Å². The standard InChI is InChI=1S/C15H28BrO/c1-2-3-4-5-8-11-14-17-15-12-9-6-7-10-13-16/h5,8,15H,2-4,6-7,9-14H2,1H3/b8-5-. The van der Waals surface area contributed by atoms with Crippen molar-refractivity contribution in [3.05, 3.63) is 18.8 Å². The summed E-state index contributed by atoms with van der Waals surface area (Å²) >= 11 is 3.44. The van der Waals surface area contributed by atoms with Crippen LogP contribution in [0.25, 0.3) is 0 Å². The van der Waals surface area contributed by atoms with Crippen molar-refractivity contribution in [2.75, 3.05) is 11.9 Å². The predicted molar refractivity (Wildman–Crippen MR) is 80.4 cm³/mol. The number of allylic oxidation sites excluding steroid dienone is 1. The third-order valence-corrected chi connectivity index (χ3v) is 3.18. The summed E-state index contributed by atoms with van der Waals surface area (Å²) in [6, 6.07) is 0. The van der Waals surface area contributed by atoms with Crippen LogP contribution in [-0.2, 0) is 4.74 Å². The summed E-state index contributed by atoms with van der Waals surface area (Å²) in [6.07, 6.45) is 15.7. The lowest BCUT2D eigenvalue weighted by Crippen LogP contribution is -1.90. The van der Waals surface area contributed by atoms with Crippen molar-refractivity contribution in [1.29, 1.82) is 0 Å². The summed E-state index contributed by atoms with van der Waals surface area (Å²) in [4.78, 5) is 0. The largest absolute Gasteiger partial charge is 0.375 e. The van der Waals surface area contributed by atoms with E-state index in [1.807, 2.05) is 6.61 Å². The second-order valence-electron chi connectivity index (χ2n) is 4.33. The van der Waals surface area contributed by atoms with Crippen LogP contribution in [-0.4, -0.2) is 11.9 Å². The highest BCUT2D eigenvalue weighted by Gasteiger charge is 1.91. The fraction of sp³-hybridized carbons (Fsp3) is 0.800. The van der Waals surface area contributed by atoms with Gasteiger partial charge in [-0.3, -0.25) is 0 Å². The van der Waals surface area contributed by atoms with E-state index in [1.54, 1.807) is 0 Å². The van der Waals surface area contributed by atoms with Gasteiger partial charge in [-0.25, -0.2) is 0 Å². The van der Waals surface area contributed by atoms with Gasteiger partial charge in [0.1, 0.15) is 0 Å². The van der Waals surface area contributed by atoms with Crippen molar-refractivity contribution in [2.24, 2.45) is 0 Å². The Morgan fingerprint density at radius 2 is 1.65 bits per heavy atom. The molecule has 0 saturated heterocycles. The molecule has 0 rings (SSSR count). The molecule has 0 unspecified atom stereocenters. The first kappa shape index (κ1) is 17.2. The average Bonchev–Trinajstić information content (AvgIpc) is 2.35. The van der Waals surface area contributed by atoms with Crippen molar-refractivity contribution < 1.29 is 4.74 Å². The maximum atomic E-state index is 5.46. The SMILES string of the molecule is CCCC/C=C\CCO[CH]CCCCCCBr. The van der Waals surface area contributed by atoms with Crippen molar-refractivity contribution in [3.8, 4) is 0 Å². The minimum absolute atomic E-state index is 0.837. The van der Waals surface area contributed by atoms with E-state index in [0.29, 0.717) is 0 Å². The summed E-state index contributed by atoms with van der Waals surface area (Å²) < 4.78 is 5.46. The Kier molecular flexibility index (Phi) is 16.4. The third-order valence-electron chi connectivity index (χ3n) is 2.62. The highest BCUT2D eigenvalue weighted by Crippen LogP contribution is 2.06. The molecule has 0 N–H and O–H groups in total. The fourth-order valence-corrected chi connectivity index (χ4v) is 1.93. The number of hydrogen-bond acceptors (Lipinski definition) is 1. The highest BCUT2D eigenvalue weighted by atomic mass is 79.9. The van der Waals surface area contributed by atoms with Crippen LogP contribution in [0.1, 0.15) is 64.7 Å². The molecule has 0 fully saturated rings. The molecular weight excluding hydrogens is 276 g/mol. The maximum absolute atomic E-state index is 5.46. The zero-order valence-electron chi connectivity index (χ0n) is 11.3. The Hall–Kier alpha value is 0.180. The van der Waals surface area contributed by atoms with Crippen LogP contribution in [0.4, 0.5) is 0 Å². The first-order chi connectivity index (χ1) is 8.41. The van der Waals surface area contributed by atoms with E-state index in [9.17, 15) is 0 Å². The van der Waals surface area contributed by atoms with Gasteiger partial charge >= 0.3 is 0 Å². The fourth-order valence-electron chi connectivity index (χ4n) is 1.54. The minimum atomic E-state index is 0.837. The van der Waals surface area contributed by atoms with E-state index in [4.69, 9.17) is 4.74 Å². The normalized spacial score (nSPS) is 11.4. The van der Waals surface area contributed by atoms with E-state index in [0.717, 1.165) is 24.8 Å². The van der Waals surface area contributed by atoms with Crippen LogP contribution in [0.5, 0.6) is 0 Å². The molecule has 1 radical (unpaired) electrons. The molecule has 17 heavy (non-hydrogen) atoms. The molecule has 0 spiro atoms. The molecule has 0 aromatic rings. The van der Waals surface area contributed by atoms with Crippen LogP contribution >= 0.6 is 15.9 Å². The summed E-state index contributed by atoms with van der Waals surface area (Å²) in [7, 11) is 0. The van der Waals surface area contributed by atoms with E-state index in [1.165, 1.54) is 44.9 Å². The Labute approximate surface area is 116 Å². The van der Waals surface area contributed by atoms with Crippen LogP contribution in [0.2, 0.25) is 0 Å². The molecule has 0 aliphatic heterocycles. The predicted octanol–water partition coefficient (Wildman–Crippen LogP) is 5.65. The molecule has 0 aromatic carbocycles. The van der Waals surface area contributed by atoms with E-state index in [-0.39, 0.29) is 0 Å². The molecule has 101 valence electrons. The number of alkyl halides is 1. The van der Waals surface area contributed by atoms with Gasteiger partial charge in [0.2, 0.25) is 0 Å². The zero-order valence-corrected chi connectivity index (χ0v) is 12.9. The molecule has 0 aliphatic carbocycles. The first-order valence-corrected chi connectivity index (χ1v) is 8.18. The van der Waals surface area contributed by atoms with Crippen molar-refractivity contribution >= 4 is 15.9 Å². The lowest BCUT2D eigenvalue weighted by atomic mass is 10.2. The number of halogens is 1. The molecule has 0 saturated carbocycles. The average molecular weight is 304 g/mol. The molecule has 0 atom stereocenters. The molecule has 0 aromatic heterocycles. The van der Waals surface area contributed by atoms with Gasteiger partial charge in [-0.1, -0.05) is 67.1 Å². The van der Waals surface area contributed by atoms with Gasteiger partial charge in [-0.05, 0) is 25.7 Å². The van der Waals surface area contributed by atoms with E-state index in [2.05, 4.69) is 35.0 Å². The highest BCUT2D eigenvalue weighted by molar-refractivity contribution is 9.09. The summed E-state index contributed by atoms with van der Waals surface area (Å²) in [5.74, 6) is 0. The van der Waals surface area contributed by atoms with Crippen molar-refractivity contribution in [1.82, 2.24) is 0 Å². The van der Waals surface area contributed by atoms with E-state index >= 15 is 0 Å². The Balaban J connectivity index is 2.96. The van der Waals surface area contributed by atoms with Gasteiger partial charge in [-0.15, -0.1) is 0 Å². The molecule has 0 heterocycles. The zero-order chi connectivity index (χ0) is 12.6. The number of ether oxygens (including phenoxy) is 1. The topological polar surface area (TPSA) is 9.23 Å². The maximum Gasteiger partial charge on any atom is 0.0836 e. The van der Waals surface area contributed by atoms with E-state index < -0.39 is 0 Å². The minimum Gasteiger partial charge on any atom is -0.375 e. The molecule has 0 aliphatic rings. The monoisotopic (exact) mass is 303 g/mol. The first-order valence-electron chi connectivity index (χ1n) is 7.06. The quantitative estimate of drug-likeness (QED) is 0.243. The molecule has 0 amide bonds. The summed E-state index contributed by atoms with van der Waals surface area (Å²) in [5.41, 5.74) is 0. The van der Waals surface area contributed by atoms with Crippen LogP contribution in [0.15, 0.2) is 12.2 Å². The molecule has 0 bridgehead atoms. The van der Waals surface area contributed by atoms with Crippen LogP contribution in [0, 0.1) is 6.61 Å². The number of unbranched alkanes of at least 4 members (excludes halogenated alkanes) is 6. The molecule has 2 heteroatoms. The van der Waals surface area contributed by atoms with Crippen molar-refractivity contribution in [2.45, 2.75) is 64.7 Å². The number of rotatable bonds is 13. The second-order valence-corrected chi connectivity index (χ2v) is 5.12. The molecule has 1 nitrogen and oxygen atoms in total. The van der Waals surface area contributed by atoms with Gasteiger partial charge < -0.3 is 4.74 Å². The van der Waals surface area contributed by atoms with Gasteiger partial charge in [0.25, 0.3) is 0 Å². The summed E-state index contributed by atoms with van der Waals surface area (Å²) in [6.45, 7) is 5.04. The van der Waals surface area contributed by atoms with Crippen LogP contribution < -0.4 is 0 Å². The Bertz CT molecular complexity index is 157.